The van der Waals surface area contributed by atoms with E-state index in [1.807, 2.05) is 0 Å². The van der Waals surface area contributed by atoms with Gasteiger partial charge in [-0.15, -0.1) is 0 Å². The zero-order chi connectivity index (χ0) is 26.7. The van der Waals surface area contributed by atoms with E-state index in [2.05, 4.69) is 5.32 Å². The van der Waals surface area contributed by atoms with E-state index in [1.165, 1.54) is 36.4 Å². The van der Waals surface area contributed by atoms with Crippen LogP contribution in [0.5, 0.6) is 5.75 Å². The fourth-order valence-electron chi connectivity index (χ4n) is 4.14. The average molecular weight is 507 g/mol. The number of ether oxygens (including phenoxy) is 2. The van der Waals surface area contributed by atoms with E-state index in [1.54, 1.807) is 33.1 Å². The molecule has 1 aliphatic heterocycles. The Kier molecular flexibility index (Phi) is 7.49. The Hall–Kier alpha value is -4.31. The number of rotatable bonds is 9. The van der Waals surface area contributed by atoms with Crippen molar-refractivity contribution in [3.8, 4) is 5.75 Å². The van der Waals surface area contributed by atoms with Gasteiger partial charge in [-0.3, -0.25) is 19.3 Å². The van der Waals surface area contributed by atoms with Crippen LogP contribution in [-0.2, 0) is 9.53 Å². The number of carbonyl (C=O) groups is 4. The largest absolute Gasteiger partial charge is 0.425 e. The molecule has 0 spiro atoms. The van der Waals surface area contributed by atoms with Crippen molar-refractivity contribution in [2.24, 2.45) is 5.92 Å². The Labute approximate surface area is 212 Å². The minimum Gasteiger partial charge on any atom is -0.425 e. The summed E-state index contributed by atoms with van der Waals surface area (Å²) in [4.78, 5) is 64.7. The van der Waals surface area contributed by atoms with Crippen LogP contribution in [0.3, 0.4) is 0 Å². The first-order valence-electron chi connectivity index (χ1n) is 11.8. The number of nitrogens with one attached hydrogen (secondary N) is 1. The zero-order valence-electron chi connectivity index (χ0n) is 20.6. The highest BCUT2D eigenvalue weighted by atomic mass is 16.5. The van der Waals surface area contributed by atoms with Crippen molar-refractivity contribution < 1.29 is 33.1 Å². The van der Waals surface area contributed by atoms with Gasteiger partial charge in [0.05, 0.1) is 11.1 Å². The van der Waals surface area contributed by atoms with Crippen molar-refractivity contribution in [1.82, 2.24) is 10.2 Å². The minimum atomic E-state index is -1.17. The monoisotopic (exact) mass is 506 g/mol. The number of amides is 3. The molecular weight excluding hydrogens is 480 g/mol. The SMILES string of the molecule is COCCCNC(=O)c1cc2ccc(OC(=O)C(C(C)C)N3C(=O)c4ccccc4C3=O)cc2oc1=O. The van der Waals surface area contributed by atoms with Gasteiger partial charge in [-0.25, -0.2) is 9.59 Å². The van der Waals surface area contributed by atoms with Crippen molar-refractivity contribution >= 4 is 34.7 Å². The lowest BCUT2D eigenvalue weighted by Gasteiger charge is -2.27. The van der Waals surface area contributed by atoms with Gasteiger partial charge in [0, 0.05) is 31.7 Å². The predicted octanol–water partition coefficient (Wildman–Crippen LogP) is 2.79. The lowest BCUT2D eigenvalue weighted by Crippen LogP contribution is -2.49. The van der Waals surface area contributed by atoms with Crippen molar-refractivity contribution in [2.45, 2.75) is 26.3 Å². The molecule has 1 unspecified atom stereocenters. The van der Waals surface area contributed by atoms with Crippen LogP contribution in [0.1, 0.15) is 51.3 Å². The molecule has 2 aromatic carbocycles. The topological polar surface area (TPSA) is 132 Å². The molecule has 4 rings (SSSR count). The molecule has 10 nitrogen and oxygen atoms in total. The van der Waals surface area contributed by atoms with Crippen molar-refractivity contribution in [3.05, 3.63) is 75.6 Å². The summed E-state index contributed by atoms with van der Waals surface area (Å²) in [5.41, 5.74) is -0.423. The van der Waals surface area contributed by atoms with E-state index in [-0.39, 0.29) is 28.0 Å². The average Bonchev–Trinajstić information content (AvgIpc) is 3.11. The van der Waals surface area contributed by atoms with E-state index in [0.717, 1.165) is 4.90 Å². The molecule has 0 saturated heterocycles. The number of esters is 1. The lowest BCUT2D eigenvalue weighted by molar-refractivity contribution is -0.140. The van der Waals surface area contributed by atoms with Gasteiger partial charge in [-0.2, -0.15) is 0 Å². The summed E-state index contributed by atoms with van der Waals surface area (Å²) < 4.78 is 15.7. The lowest BCUT2D eigenvalue weighted by atomic mass is 10.0. The molecule has 1 N–H and O–H groups in total. The normalized spacial score (nSPS) is 13.7. The second-order valence-corrected chi connectivity index (χ2v) is 8.89. The number of fused-ring (bicyclic) bond motifs is 2. The van der Waals surface area contributed by atoms with E-state index in [4.69, 9.17) is 13.9 Å². The Bertz CT molecular complexity index is 1410. The molecule has 1 aliphatic rings. The number of imide groups is 1. The highest BCUT2D eigenvalue weighted by Gasteiger charge is 2.44. The molecule has 0 saturated carbocycles. The third-order valence-corrected chi connectivity index (χ3v) is 5.96. The molecule has 192 valence electrons. The first kappa shape index (κ1) is 25.8. The number of hydrogen-bond acceptors (Lipinski definition) is 8. The van der Waals surface area contributed by atoms with Crippen LogP contribution >= 0.6 is 0 Å². The molecule has 0 aliphatic carbocycles. The summed E-state index contributed by atoms with van der Waals surface area (Å²) in [5, 5.41) is 3.08. The number of hydrogen-bond donors (Lipinski definition) is 1. The maximum atomic E-state index is 13.2. The number of nitrogens with zero attached hydrogens (tertiary/aromatic N) is 1. The van der Waals surface area contributed by atoms with Gasteiger partial charge >= 0.3 is 11.6 Å². The highest BCUT2D eigenvalue weighted by Crippen LogP contribution is 2.29. The standard InChI is InChI=1S/C27H26N2O8/c1-15(2)22(29-24(31)18-7-4-5-8-19(18)25(29)32)27(34)36-17-10-9-16-13-20(26(33)37-21(16)14-17)23(30)28-11-6-12-35-3/h4-5,7-10,13-15,22H,6,11-12H2,1-3H3,(H,28,30). The summed E-state index contributed by atoms with van der Waals surface area (Å²) >= 11 is 0. The van der Waals surface area contributed by atoms with Crippen LogP contribution in [0.2, 0.25) is 0 Å². The van der Waals surface area contributed by atoms with Crippen LogP contribution in [0.25, 0.3) is 11.0 Å². The van der Waals surface area contributed by atoms with Crippen LogP contribution in [0.15, 0.2) is 57.7 Å². The Morgan fingerprint density at radius 2 is 1.68 bits per heavy atom. The maximum Gasteiger partial charge on any atom is 0.349 e. The molecule has 2 heterocycles. The van der Waals surface area contributed by atoms with Gasteiger partial charge in [0.1, 0.15) is 22.9 Å². The summed E-state index contributed by atoms with van der Waals surface area (Å²) in [7, 11) is 1.55. The molecule has 10 heteroatoms. The third kappa shape index (κ3) is 5.14. The molecule has 1 aromatic heterocycles. The van der Waals surface area contributed by atoms with E-state index >= 15 is 0 Å². The molecule has 0 radical (unpaired) electrons. The van der Waals surface area contributed by atoms with E-state index in [9.17, 15) is 24.0 Å². The Balaban J connectivity index is 1.54. The van der Waals surface area contributed by atoms with Gasteiger partial charge in [0.15, 0.2) is 0 Å². The quantitative estimate of drug-likeness (QED) is 0.154. The maximum absolute atomic E-state index is 13.2. The fraction of sp³-hybridized carbons (Fsp3) is 0.296. The van der Waals surface area contributed by atoms with E-state index < -0.39 is 41.3 Å². The molecule has 1 atom stereocenters. The van der Waals surface area contributed by atoms with Gasteiger partial charge in [-0.05, 0) is 42.7 Å². The number of carbonyl (C=O) groups excluding carboxylic acids is 4. The smallest absolute Gasteiger partial charge is 0.349 e. The zero-order valence-corrected chi connectivity index (χ0v) is 20.6. The first-order valence-corrected chi connectivity index (χ1v) is 11.8. The van der Waals surface area contributed by atoms with Crippen molar-refractivity contribution in [2.75, 3.05) is 20.3 Å². The Morgan fingerprint density at radius 3 is 2.30 bits per heavy atom. The highest BCUT2D eigenvalue weighted by molar-refractivity contribution is 6.22. The predicted molar refractivity (Wildman–Crippen MR) is 133 cm³/mol. The second kappa shape index (κ2) is 10.8. The van der Waals surface area contributed by atoms with E-state index in [0.29, 0.717) is 25.0 Å². The molecule has 37 heavy (non-hydrogen) atoms. The number of benzene rings is 2. The van der Waals surface area contributed by atoms with Crippen LogP contribution in [0.4, 0.5) is 0 Å². The third-order valence-electron chi connectivity index (χ3n) is 5.96. The summed E-state index contributed by atoms with van der Waals surface area (Å²) in [5.74, 6) is -2.87. The van der Waals surface area contributed by atoms with Crippen molar-refractivity contribution in [1.29, 1.82) is 0 Å². The molecule has 3 aromatic rings. The number of methoxy groups -OCH3 is 1. The summed E-state index contributed by atoms with van der Waals surface area (Å²) in [6.07, 6.45) is 0.591. The molecule has 0 bridgehead atoms. The van der Waals surface area contributed by atoms with Crippen molar-refractivity contribution in [3.63, 3.8) is 0 Å². The second-order valence-electron chi connectivity index (χ2n) is 8.89. The first-order chi connectivity index (χ1) is 17.7. The van der Waals surface area contributed by atoms with Gasteiger partial charge in [-0.1, -0.05) is 26.0 Å². The van der Waals surface area contributed by atoms with Gasteiger partial charge < -0.3 is 19.2 Å². The van der Waals surface area contributed by atoms with Crippen LogP contribution in [-0.4, -0.2) is 54.9 Å². The summed E-state index contributed by atoms with van der Waals surface area (Å²) in [6, 6.07) is 11.0. The van der Waals surface area contributed by atoms with Crippen LogP contribution in [0, 0.1) is 5.92 Å². The molecular formula is C27H26N2O8. The van der Waals surface area contributed by atoms with Gasteiger partial charge in [0.25, 0.3) is 17.7 Å². The van der Waals surface area contributed by atoms with Gasteiger partial charge in [0.2, 0.25) is 0 Å². The minimum absolute atomic E-state index is 0.0553. The molecule has 0 fully saturated rings. The molecule has 3 amide bonds. The fourth-order valence-corrected chi connectivity index (χ4v) is 4.14. The Morgan fingerprint density at radius 1 is 1.00 bits per heavy atom. The van der Waals surface area contributed by atoms with Crippen LogP contribution < -0.4 is 15.7 Å². The summed E-state index contributed by atoms with van der Waals surface area (Å²) in [6.45, 7) is 4.22.